The maximum Gasteiger partial charge on any atom is 0.185 e. The van der Waals surface area contributed by atoms with Crippen LogP contribution in [-0.4, -0.2) is 6.29 Å². The lowest BCUT2D eigenvalue weighted by molar-refractivity contribution is 0.110. The third-order valence-electron chi connectivity index (χ3n) is 2.28. The van der Waals surface area contributed by atoms with E-state index in [-0.39, 0.29) is 11.6 Å². The molecule has 0 N–H and O–H groups in total. The number of carbonyl (C=O) groups is 1. The molecule has 0 amide bonds. The summed E-state index contributed by atoms with van der Waals surface area (Å²) in [5.74, 6) is 0.369. The van der Waals surface area contributed by atoms with Crippen LogP contribution in [0.2, 0.25) is 0 Å². The van der Waals surface area contributed by atoms with Gasteiger partial charge < -0.3 is 4.42 Å². The highest BCUT2D eigenvalue weighted by molar-refractivity contribution is 9.10. The van der Waals surface area contributed by atoms with Gasteiger partial charge in [0, 0.05) is 5.56 Å². The van der Waals surface area contributed by atoms with Crippen molar-refractivity contribution >= 4 is 22.2 Å². The molecule has 0 aliphatic rings. The van der Waals surface area contributed by atoms with E-state index in [0.29, 0.717) is 22.1 Å². The molecule has 82 valence electrons. The Morgan fingerprint density at radius 3 is 2.75 bits per heavy atom. The summed E-state index contributed by atoms with van der Waals surface area (Å²) >= 11 is 3.11. The highest BCUT2D eigenvalue weighted by atomic mass is 79.9. The topological polar surface area (TPSA) is 30.2 Å². The maximum atomic E-state index is 13.4. The molecule has 0 atom stereocenters. The first-order chi connectivity index (χ1) is 7.61. The monoisotopic (exact) mass is 282 g/mol. The smallest absolute Gasteiger partial charge is 0.185 e. The zero-order valence-electron chi connectivity index (χ0n) is 8.46. The molecule has 0 radical (unpaired) electrons. The summed E-state index contributed by atoms with van der Waals surface area (Å²) < 4.78 is 19.0. The molecule has 4 heteroatoms. The Kier molecular flexibility index (Phi) is 2.92. The lowest BCUT2D eigenvalue weighted by Crippen LogP contribution is -1.85. The Balaban J connectivity index is 2.55. The molecule has 0 aliphatic carbocycles. The Bertz CT molecular complexity index is 546. The predicted octanol–water partition coefficient (Wildman–Crippen LogP) is 3.97. The zero-order valence-corrected chi connectivity index (χ0v) is 10.0. The standard InChI is InChI=1S/C12H8BrFO2/c1-7-4-10(13)11(14)5-9(7)12-3-2-8(6-15)16-12/h2-6H,1H3. The highest BCUT2D eigenvalue weighted by Crippen LogP contribution is 2.29. The number of carbonyl (C=O) groups excluding carboxylic acids is 1. The molecule has 16 heavy (non-hydrogen) atoms. The van der Waals surface area contributed by atoms with Crippen molar-refractivity contribution in [1.29, 1.82) is 0 Å². The van der Waals surface area contributed by atoms with E-state index in [1.54, 1.807) is 18.2 Å². The van der Waals surface area contributed by atoms with Crippen LogP contribution in [0.15, 0.2) is 33.2 Å². The van der Waals surface area contributed by atoms with Gasteiger partial charge in [0.1, 0.15) is 11.6 Å². The van der Waals surface area contributed by atoms with Gasteiger partial charge in [-0.2, -0.15) is 0 Å². The van der Waals surface area contributed by atoms with Crippen LogP contribution < -0.4 is 0 Å². The van der Waals surface area contributed by atoms with E-state index in [9.17, 15) is 9.18 Å². The van der Waals surface area contributed by atoms with Gasteiger partial charge in [-0.3, -0.25) is 4.79 Å². The number of hydrogen-bond donors (Lipinski definition) is 0. The van der Waals surface area contributed by atoms with E-state index >= 15 is 0 Å². The van der Waals surface area contributed by atoms with Crippen molar-refractivity contribution in [2.75, 3.05) is 0 Å². The molecule has 2 aromatic rings. The molecular formula is C12H8BrFO2. The summed E-state index contributed by atoms with van der Waals surface area (Å²) in [7, 11) is 0. The van der Waals surface area contributed by atoms with Gasteiger partial charge in [-0.1, -0.05) is 0 Å². The van der Waals surface area contributed by atoms with Crippen molar-refractivity contribution in [2.24, 2.45) is 0 Å². The van der Waals surface area contributed by atoms with E-state index in [1.807, 2.05) is 6.92 Å². The van der Waals surface area contributed by atoms with Crippen molar-refractivity contribution in [2.45, 2.75) is 6.92 Å². The first-order valence-corrected chi connectivity index (χ1v) is 5.42. The molecule has 0 unspecified atom stereocenters. The second-order valence-corrected chi connectivity index (χ2v) is 4.26. The Morgan fingerprint density at radius 2 is 2.12 bits per heavy atom. The number of benzene rings is 1. The SMILES string of the molecule is Cc1cc(Br)c(F)cc1-c1ccc(C=O)o1. The van der Waals surface area contributed by atoms with Crippen LogP contribution in [0.5, 0.6) is 0 Å². The van der Waals surface area contributed by atoms with Crippen LogP contribution in [0.25, 0.3) is 11.3 Å². The van der Waals surface area contributed by atoms with Crippen molar-refractivity contribution in [1.82, 2.24) is 0 Å². The minimum atomic E-state index is -0.357. The first kappa shape index (κ1) is 11.1. The third kappa shape index (κ3) is 1.93. The Labute approximate surface area is 100 Å². The molecule has 0 fully saturated rings. The summed E-state index contributed by atoms with van der Waals surface area (Å²) in [5, 5.41) is 0. The van der Waals surface area contributed by atoms with Gasteiger partial charge >= 0.3 is 0 Å². The second kappa shape index (κ2) is 4.22. The zero-order chi connectivity index (χ0) is 11.7. The number of aldehydes is 1. The Morgan fingerprint density at radius 1 is 1.38 bits per heavy atom. The molecule has 0 saturated heterocycles. The largest absolute Gasteiger partial charge is 0.453 e. The van der Waals surface area contributed by atoms with Crippen LogP contribution >= 0.6 is 15.9 Å². The molecule has 1 aromatic heterocycles. The van der Waals surface area contributed by atoms with Gasteiger partial charge in [-0.05, 0) is 52.7 Å². The van der Waals surface area contributed by atoms with Gasteiger partial charge in [-0.15, -0.1) is 0 Å². The van der Waals surface area contributed by atoms with Crippen molar-refractivity contribution < 1.29 is 13.6 Å². The fourth-order valence-electron chi connectivity index (χ4n) is 1.47. The molecule has 2 nitrogen and oxygen atoms in total. The average molecular weight is 283 g/mol. The summed E-state index contributed by atoms with van der Waals surface area (Å²) in [6.07, 6.45) is 0.619. The Hall–Kier alpha value is -1.42. The molecule has 0 aliphatic heterocycles. The van der Waals surface area contributed by atoms with Crippen LogP contribution in [0, 0.1) is 12.7 Å². The molecule has 0 saturated carbocycles. The molecule has 1 heterocycles. The van der Waals surface area contributed by atoms with Gasteiger partial charge in [0.25, 0.3) is 0 Å². The van der Waals surface area contributed by atoms with Crippen molar-refractivity contribution in [3.63, 3.8) is 0 Å². The van der Waals surface area contributed by atoms with Gasteiger partial charge in [0.2, 0.25) is 0 Å². The van der Waals surface area contributed by atoms with Crippen LogP contribution in [-0.2, 0) is 0 Å². The van der Waals surface area contributed by atoms with Gasteiger partial charge in [0.15, 0.2) is 12.0 Å². The average Bonchev–Trinajstić information content (AvgIpc) is 2.71. The summed E-state index contributed by atoms with van der Waals surface area (Å²) in [5.41, 5.74) is 1.52. The number of furan rings is 1. The highest BCUT2D eigenvalue weighted by Gasteiger charge is 2.10. The maximum absolute atomic E-state index is 13.4. The van der Waals surface area contributed by atoms with Crippen LogP contribution in [0.1, 0.15) is 16.1 Å². The predicted molar refractivity (Wildman–Crippen MR) is 61.9 cm³/mol. The van der Waals surface area contributed by atoms with E-state index < -0.39 is 0 Å². The van der Waals surface area contributed by atoms with Gasteiger partial charge in [-0.25, -0.2) is 4.39 Å². The lowest BCUT2D eigenvalue weighted by Gasteiger charge is -2.04. The minimum Gasteiger partial charge on any atom is -0.453 e. The fourth-order valence-corrected chi connectivity index (χ4v) is 1.93. The number of aryl methyl sites for hydroxylation is 1. The van der Waals surface area contributed by atoms with Crippen molar-refractivity contribution in [3.05, 3.63) is 45.9 Å². The number of halogens is 2. The lowest BCUT2D eigenvalue weighted by atomic mass is 10.1. The molecule has 0 spiro atoms. The number of hydrogen-bond acceptors (Lipinski definition) is 2. The minimum absolute atomic E-state index is 0.234. The van der Waals surface area contributed by atoms with Crippen LogP contribution in [0.3, 0.4) is 0 Å². The van der Waals surface area contributed by atoms with Crippen molar-refractivity contribution in [3.8, 4) is 11.3 Å². The first-order valence-electron chi connectivity index (χ1n) is 4.63. The van der Waals surface area contributed by atoms with E-state index in [1.165, 1.54) is 6.07 Å². The summed E-state index contributed by atoms with van der Waals surface area (Å²) in [6, 6.07) is 6.27. The normalized spacial score (nSPS) is 10.4. The second-order valence-electron chi connectivity index (χ2n) is 3.40. The van der Waals surface area contributed by atoms with E-state index in [0.717, 1.165) is 5.56 Å². The summed E-state index contributed by atoms with van der Waals surface area (Å²) in [4.78, 5) is 10.5. The molecule has 1 aromatic carbocycles. The third-order valence-corrected chi connectivity index (χ3v) is 2.88. The van der Waals surface area contributed by atoms with E-state index in [4.69, 9.17) is 4.42 Å². The molecule has 0 bridgehead atoms. The molecular weight excluding hydrogens is 275 g/mol. The van der Waals surface area contributed by atoms with Crippen LogP contribution in [0.4, 0.5) is 4.39 Å². The quantitative estimate of drug-likeness (QED) is 0.781. The summed E-state index contributed by atoms with van der Waals surface area (Å²) in [6.45, 7) is 1.85. The molecule has 2 rings (SSSR count). The fraction of sp³-hybridized carbons (Fsp3) is 0.0833. The number of rotatable bonds is 2. The van der Waals surface area contributed by atoms with E-state index in [2.05, 4.69) is 15.9 Å². The van der Waals surface area contributed by atoms with Gasteiger partial charge in [0.05, 0.1) is 4.47 Å².